The lowest BCUT2D eigenvalue weighted by Crippen LogP contribution is -2.15. The average molecular weight is 239 g/mol. The number of nitro groups is 1. The van der Waals surface area contributed by atoms with Crippen molar-refractivity contribution in [3.8, 4) is 0 Å². The number of nitrogens with zero attached hydrogens (tertiary/aromatic N) is 3. The normalized spacial score (nSPS) is 12.8. The second kappa shape index (κ2) is 4.65. The predicted octanol–water partition coefficient (Wildman–Crippen LogP) is 2.37. The second-order valence-corrected chi connectivity index (χ2v) is 4.45. The smallest absolute Gasteiger partial charge is 0.299 e. The van der Waals surface area contributed by atoms with Gasteiger partial charge in [0.2, 0.25) is 0 Å². The van der Waals surface area contributed by atoms with E-state index in [0.717, 1.165) is 0 Å². The third-order valence-electron chi connectivity index (χ3n) is 2.78. The Labute approximate surface area is 99.8 Å². The molecule has 0 fully saturated rings. The number of rotatable bonds is 4. The molecular weight excluding hydrogens is 222 g/mol. The van der Waals surface area contributed by atoms with Crippen molar-refractivity contribution in [3.63, 3.8) is 0 Å². The summed E-state index contributed by atoms with van der Waals surface area (Å²) in [5, 5.41) is 15.2. The maximum Gasteiger partial charge on any atom is 0.313 e. The SMILES string of the molecule is CC(=O)C(C)c1c([N+](=O)[O-])c(C)nn1C(C)C. The maximum atomic E-state index is 11.4. The fraction of sp³-hybridized carbons (Fsp3) is 0.636. The zero-order chi connectivity index (χ0) is 13.3. The summed E-state index contributed by atoms with van der Waals surface area (Å²) in [5.41, 5.74) is 0.711. The Morgan fingerprint density at radius 1 is 1.41 bits per heavy atom. The van der Waals surface area contributed by atoms with Gasteiger partial charge in [0.15, 0.2) is 0 Å². The number of ketones is 1. The summed E-state index contributed by atoms with van der Waals surface area (Å²) in [5.74, 6) is -0.617. The molecule has 0 N–H and O–H groups in total. The predicted molar refractivity (Wildman–Crippen MR) is 63.1 cm³/mol. The van der Waals surface area contributed by atoms with Crippen LogP contribution in [-0.2, 0) is 4.79 Å². The first-order valence-electron chi connectivity index (χ1n) is 5.51. The van der Waals surface area contributed by atoms with Crippen LogP contribution < -0.4 is 0 Å². The topological polar surface area (TPSA) is 78.0 Å². The van der Waals surface area contributed by atoms with Crippen LogP contribution in [0.3, 0.4) is 0 Å². The number of carbonyl (C=O) groups excluding carboxylic acids is 1. The van der Waals surface area contributed by atoms with Crippen molar-refractivity contribution in [2.75, 3.05) is 0 Å². The molecule has 0 saturated heterocycles. The van der Waals surface area contributed by atoms with E-state index < -0.39 is 10.8 Å². The van der Waals surface area contributed by atoms with Gasteiger partial charge in [-0.15, -0.1) is 0 Å². The molecule has 1 rings (SSSR count). The summed E-state index contributed by atoms with van der Waals surface area (Å²) in [6.45, 7) is 8.46. The summed E-state index contributed by atoms with van der Waals surface area (Å²) in [6.07, 6.45) is 0. The van der Waals surface area contributed by atoms with Crippen molar-refractivity contribution in [1.82, 2.24) is 9.78 Å². The Balaban J connectivity index is 3.51. The lowest BCUT2D eigenvalue weighted by atomic mass is 10.0. The van der Waals surface area contributed by atoms with E-state index in [1.54, 1.807) is 18.5 Å². The molecule has 6 nitrogen and oxygen atoms in total. The van der Waals surface area contributed by atoms with E-state index in [4.69, 9.17) is 0 Å². The third-order valence-corrected chi connectivity index (χ3v) is 2.78. The fourth-order valence-corrected chi connectivity index (χ4v) is 1.77. The molecule has 1 atom stereocenters. The highest BCUT2D eigenvalue weighted by molar-refractivity contribution is 5.83. The number of carbonyl (C=O) groups is 1. The molecular formula is C11H17N3O3. The molecule has 1 aromatic heterocycles. The van der Waals surface area contributed by atoms with Crippen molar-refractivity contribution in [2.45, 2.75) is 46.6 Å². The van der Waals surface area contributed by atoms with E-state index in [-0.39, 0.29) is 17.5 Å². The molecule has 0 amide bonds. The Morgan fingerprint density at radius 3 is 2.29 bits per heavy atom. The van der Waals surface area contributed by atoms with Crippen LogP contribution in [0.15, 0.2) is 0 Å². The number of hydrogen-bond donors (Lipinski definition) is 0. The zero-order valence-corrected chi connectivity index (χ0v) is 10.7. The van der Waals surface area contributed by atoms with Gasteiger partial charge in [-0.3, -0.25) is 19.6 Å². The monoisotopic (exact) mass is 239 g/mol. The van der Waals surface area contributed by atoms with Gasteiger partial charge in [-0.25, -0.2) is 0 Å². The lowest BCUT2D eigenvalue weighted by molar-refractivity contribution is -0.386. The first-order valence-corrected chi connectivity index (χ1v) is 5.51. The first kappa shape index (κ1) is 13.3. The molecule has 0 aliphatic carbocycles. The maximum absolute atomic E-state index is 11.4. The first-order chi connectivity index (χ1) is 7.77. The van der Waals surface area contributed by atoms with Crippen LogP contribution in [-0.4, -0.2) is 20.5 Å². The standard InChI is InChI=1S/C11H17N3O3/c1-6(2)13-10(7(3)9(5)15)11(14(16)17)8(4)12-13/h6-7H,1-5H3. The van der Waals surface area contributed by atoms with Crippen molar-refractivity contribution in [2.24, 2.45) is 0 Å². The summed E-state index contributed by atoms with van der Waals surface area (Å²) >= 11 is 0. The fourth-order valence-electron chi connectivity index (χ4n) is 1.77. The van der Waals surface area contributed by atoms with Gasteiger partial charge in [-0.05, 0) is 34.6 Å². The molecule has 1 unspecified atom stereocenters. The van der Waals surface area contributed by atoms with Crippen molar-refractivity contribution >= 4 is 11.5 Å². The summed E-state index contributed by atoms with van der Waals surface area (Å²) in [6, 6.07) is -0.0146. The Bertz CT molecular complexity index is 463. The van der Waals surface area contributed by atoms with Crippen LogP contribution in [0, 0.1) is 17.0 Å². The van der Waals surface area contributed by atoms with Gasteiger partial charge in [-0.2, -0.15) is 5.10 Å². The Hall–Kier alpha value is -1.72. The number of Topliss-reactive ketones (excluding diaryl/α,β-unsaturated/α-hetero) is 1. The molecule has 1 aromatic rings. The molecule has 0 aliphatic rings. The molecule has 0 aromatic carbocycles. The number of aryl methyl sites for hydroxylation is 1. The van der Waals surface area contributed by atoms with Gasteiger partial charge >= 0.3 is 5.69 Å². The van der Waals surface area contributed by atoms with Gasteiger partial charge in [0.25, 0.3) is 0 Å². The van der Waals surface area contributed by atoms with E-state index in [2.05, 4.69) is 5.10 Å². The van der Waals surface area contributed by atoms with E-state index in [1.807, 2.05) is 13.8 Å². The van der Waals surface area contributed by atoms with E-state index >= 15 is 0 Å². The summed E-state index contributed by atoms with van der Waals surface area (Å²) in [7, 11) is 0. The highest BCUT2D eigenvalue weighted by Gasteiger charge is 2.31. The Morgan fingerprint density at radius 2 is 1.94 bits per heavy atom. The quantitative estimate of drug-likeness (QED) is 0.597. The molecule has 17 heavy (non-hydrogen) atoms. The Kier molecular flexibility index (Phi) is 3.65. The molecule has 0 bridgehead atoms. The van der Waals surface area contributed by atoms with Crippen LogP contribution in [0.5, 0.6) is 0 Å². The second-order valence-electron chi connectivity index (χ2n) is 4.45. The molecule has 0 spiro atoms. The minimum Gasteiger partial charge on any atom is -0.299 e. The van der Waals surface area contributed by atoms with E-state index in [1.165, 1.54) is 6.92 Å². The van der Waals surface area contributed by atoms with Gasteiger partial charge in [0.05, 0.1) is 10.8 Å². The zero-order valence-electron chi connectivity index (χ0n) is 10.7. The van der Waals surface area contributed by atoms with Crippen molar-refractivity contribution in [1.29, 1.82) is 0 Å². The van der Waals surface area contributed by atoms with Crippen molar-refractivity contribution < 1.29 is 9.72 Å². The molecule has 94 valence electrons. The minimum absolute atomic E-state index is 0.0146. The van der Waals surface area contributed by atoms with Crippen LogP contribution >= 0.6 is 0 Å². The third kappa shape index (κ3) is 2.35. The molecule has 0 radical (unpaired) electrons. The van der Waals surface area contributed by atoms with Crippen LogP contribution in [0.2, 0.25) is 0 Å². The summed E-state index contributed by atoms with van der Waals surface area (Å²) in [4.78, 5) is 22.0. The van der Waals surface area contributed by atoms with Crippen LogP contribution in [0.25, 0.3) is 0 Å². The average Bonchev–Trinajstić information content (AvgIpc) is 2.54. The van der Waals surface area contributed by atoms with Crippen molar-refractivity contribution in [3.05, 3.63) is 21.5 Å². The van der Waals surface area contributed by atoms with E-state index in [0.29, 0.717) is 11.4 Å². The van der Waals surface area contributed by atoms with Gasteiger partial charge < -0.3 is 0 Å². The lowest BCUT2D eigenvalue weighted by Gasteiger charge is -2.13. The largest absolute Gasteiger partial charge is 0.313 e. The summed E-state index contributed by atoms with van der Waals surface area (Å²) < 4.78 is 1.57. The highest BCUT2D eigenvalue weighted by atomic mass is 16.6. The van der Waals surface area contributed by atoms with E-state index in [9.17, 15) is 14.9 Å². The minimum atomic E-state index is -0.515. The van der Waals surface area contributed by atoms with Crippen LogP contribution in [0.1, 0.15) is 51.0 Å². The molecule has 0 aliphatic heterocycles. The van der Waals surface area contributed by atoms with Gasteiger partial charge in [0, 0.05) is 6.04 Å². The van der Waals surface area contributed by atoms with Gasteiger partial charge in [0.1, 0.15) is 17.2 Å². The van der Waals surface area contributed by atoms with Gasteiger partial charge in [-0.1, -0.05) is 0 Å². The molecule has 6 heteroatoms. The molecule has 0 saturated carbocycles. The number of hydrogen-bond acceptors (Lipinski definition) is 4. The highest BCUT2D eigenvalue weighted by Crippen LogP contribution is 2.32. The molecule has 1 heterocycles. The van der Waals surface area contributed by atoms with Crippen LogP contribution in [0.4, 0.5) is 5.69 Å². The number of aromatic nitrogens is 2.